The summed E-state index contributed by atoms with van der Waals surface area (Å²) in [5, 5.41) is 0.738. The second kappa shape index (κ2) is 7.23. The van der Waals surface area contributed by atoms with E-state index in [9.17, 15) is 21.6 Å². The van der Waals surface area contributed by atoms with Crippen molar-refractivity contribution in [1.29, 1.82) is 0 Å². The Morgan fingerprint density at radius 3 is 2.45 bits per heavy atom. The average molecular weight is 434 g/mol. The lowest BCUT2D eigenvalue weighted by atomic mass is 10.1. The van der Waals surface area contributed by atoms with Crippen molar-refractivity contribution in [2.24, 2.45) is 0 Å². The Bertz CT molecular complexity index is 1250. The zero-order valence-corrected chi connectivity index (χ0v) is 16.4. The van der Waals surface area contributed by atoms with Crippen LogP contribution in [0.15, 0.2) is 71.9 Å². The van der Waals surface area contributed by atoms with Gasteiger partial charge in [0.05, 0.1) is 26.4 Å². The van der Waals surface area contributed by atoms with E-state index in [1.54, 1.807) is 36.7 Å². The third-order valence-corrected chi connectivity index (χ3v) is 7.02. The first-order chi connectivity index (χ1) is 13.7. The number of alkyl halides is 3. The number of sulfone groups is 1. The molecule has 0 amide bonds. The molecule has 9 heteroatoms. The molecule has 4 nitrogen and oxygen atoms in total. The first kappa shape index (κ1) is 19.5. The Morgan fingerprint density at radius 1 is 1.00 bits per heavy atom. The third-order valence-electron chi connectivity index (χ3n) is 4.26. The summed E-state index contributed by atoms with van der Waals surface area (Å²) in [4.78, 5) is 8.44. The van der Waals surface area contributed by atoms with Gasteiger partial charge in [-0.3, -0.25) is 4.98 Å². The van der Waals surface area contributed by atoms with Crippen LogP contribution in [-0.2, 0) is 21.8 Å². The molecule has 0 radical (unpaired) electrons. The Balaban J connectivity index is 1.61. The van der Waals surface area contributed by atoms with E-state index in [4.69, 9.17) is 0 Å². The summed E-state index contributed by atoms with van der Waals surface area (Å²) < 4.78 is 64.3. The van der Waals surface area contributed by atoms with Crippen LogP contribution < -0.4 is 0 Å². The van der Waals surface area contributed by atoms with E-state index in [1.165, 1.54) is 11.3 Å². The van der Waals surface area contributed by atoms with E-state index in [1.807, 2.05) is 6.07 Å². The van der Waals surface area contributed by atoms with Gasteiger partial charge in [-0.05, 0) is 42.0 Å². The molecule has 0 atom stereocenters. The van der Waals surface area contributed by atoms with E-state index < -0.39 is 21.6 Å². The highest BCUT2D eigenvalue weighted by Gasteiger charge is 2.30. The van der Waals surface area contributed by atoms with Crippen molar-refractivity contribution in [1.82, 2.24) is 9.97 Å². The number of nitrogens with zero attached hydrogens (tertiary/aromatic N) is 2. The van der Waals surface area contributed by atoms with Crippen molar-refractivity contribution in [3.63, 3.8) is 0 Å². The van der Waals surface area contributed by atoms with Crippen LogP contribution in [0.4, 0.5) is 13.2 Å². The molecule has 0 aliphatic carbocycles. The van der Waals surface area contributed by atoms with Crippen LogP contribution in [0.5, 0.6) is 0 Å². The monoisotopic (exact) mass is 434 g/mol. The number of rotatable bonds is 4. The molecule has 0 aliphatic heterocycles. The molecular weight excluding hydrogens is 421 g/mol. The van der Waals surface area contributed by atoms with E-state index >= 15 is 0 Å². The van der Waals surface area contributed by atoms with Crippen molar-refractivity contribution in [2.75, 3.05) is 0 Å². The molecule has 0 aliphatic rings. The fourth-order valence-electron chi connectivity index (χ4n) is 2.85. The number of benzene rings is 2. The van der Waals surface area contributed by atoms with E-state index in [0.717, 1.165) is 45.1 Å². The summed E-state index contributed by atoms with van der Waals surface area (Å²) in [6.45, 7) is 0. The van der Waals surface area contributed by atoms with Crippen LogP contribution in [-0.4, -0.2) is 18.4 Å². The molecule has 0 saturated carbocycles. The van der Waals surface area contributed by atoms with Crippen LogP contribution in [0.2, 0.25) is 0 Å². The number of hydrogen-bond donors (Lipinski definition) is 0. The Hall–Kier alpha value is -2.78. The fraction of sp³-hybridized carbons (Fsp3) is 0.100. The predicted molar refractivity (Wildman–Crippen MR) is 105 cm³/mol. The predicted octanol–water partition coefficient (Wildman–Crippen LogP) is 5.35. The van der Waals surface area contributed by atoms with Gasteiger partial charge in [-0.1, -0.05) is 18.2 Å². The van der Waals surface area contributed by atoms with Gasteiger partial charge in [0.15, 0.2) is 9.84 Å². The molecule has 4 rings (SSSR count). The highest BCUT2D eigenvalue weighted by atomic mass is 32.2. The summed E-state index contributed by atoms with van der Waals surface area (Å²) in [5.41, 5.74) is 1.22. The van der Waals surface area contributed by atoms with Crippen LogP contribution in [0, 0.1) is 0 Å². The molecule has 0 N–H and O–H groups in total. The highest BCUT2D eigenvalue weighted by Crippen LogP contribution is 2.32. The first-order valence-electron chi connectivity index (χ1n) is 8.42. The normalized spacial score (nSPS) is 12.4. The summed E-state index contributed by atoms with van der Waals surface area (Å²) in [6, 6.07) is 12.3. The van der Waals surface area contributed by atoms with Crippen LogP contribution in [0.3, 0.4) is 0 Å². The largest absolute Gasteiger partial charge is 0.416 e. The fourth-order valence-corrected chi connectivity index (χ4v) is 5.12. The molecule has 2 aromatic carbocycles. The van der Waals surface area contributed by atoms with Crippen molar-refractivity contribution >= 4 is 31.4 Å². The number of fused-ring (bicyclic) bond motifs is 1. The zero-order chi connectivity index (χ0) is 20.6. The zero-order valence-electron chi connectivity index (χ0n) is 14.7. The van der Waals surface area contributed by atoms with Crippen molar-refractivity contribution in [3.8, 4) is 10.6 Å². The molecular formula is C20H13F3N2O2S2. The minimum atomic E-state index is -4.51. The molecule has 148 valence electrons. The molecule has 0 saturated heterocycles. The van der Waals surface area contributed by atoms with Crippen molar-refractivity contribution in [3.05, 3.63) is 78.1 Å². The summed E-state index contributed by atoms with van der Waals surface area (Å²) in [5.74, 6) is -0.321. The van der Waals surface area contributed by atoms with E-state index in [-0.39, 0.29) is 10.6 Å². The maximum absolute atomic E-state index is 12.7. The lowest BCUT2D eigenvalue weighted by Gasteiger charge is -2.09. The van der Waals surface area contributed by atoms with E-state index in [0.29, 0.717) is 5.56 Å². The summed E-state index contributed by atoms with van der Waals surface area (Å²) in [7, 11) is -3.79. The first-order valence-corrected chi connectivity index (χ1v) is 10.9. The number of hydrogen-bond acceptors (Lipinski definition) is 5. The van der Waals surface area contributed by atoms with Gasteiger partial charge in [0.25, 0.3) is 0 Å². The van der Waals surface area contributed by atoms with Gasteiger partial charge in [0.2, 0.25) is 0 Å². The van der Waals surface area contributed by atoms with E-state index in [2.05, 4.69) is 9.97 Å². The molecule has 0 fully saturated rings. The topological polar surface area (TPSA) is 59.9 Å². The maximum Gasteiger partial charge on any atom is 0.416 e. The quantitative estimate of drug-likeness (QED) is 0.434. The van der Waals surface area contributed by atoms with Crippen LogP contribution in [0.1, 0.15) is 11.1 Å². The standard InChI is InChI=1S/C20H13F3N2O2S2/c21-20(22,23)15-4-6-16(7-5-15)29(26,27)12-13-2-1-3-14(10-13)19-25-17-8-9-24-11-18(17)28-19/h1-11H,12H2. The molecule has 0 unspecified atom stereocenters. The number of halogens is 3. The SMILES string of the molecule is O=S(=O)(Cc1cccc(-c2nc3ccncc3s2)c1)c1ccc(C(F)(F)F)cc1. The molecule has 4 aromatic rings. The van der Waals surface area contributed by atoms with Crippen molar-refractivity contribution in [2.45, 2.75) is 16.8 Å². The molecule has 0 spiro atoms. The molecule has 0 bridgehead atoms. The number of pyridine rings is 1. The maximum atomic E-state index is 12.7. The number of aromatic nitrogens is 2. The number of thiazole rings is 1. The van der Waals surface area contributed by atoms with Crippen molar-refractivity contribution < 1.29 is 21.6 Å². The Morgan fingerprint density at radius 2 is 1.76 bits per heavy atom. The summed E-state index contributed by atoms with van der Waals surface area (Å²) >= 11 is 1.45. The van der Waals surface area contributed by atoms with Crippen LogP contribution in [0.25, 0.3) is 20.8 Å². The minimum Gasteiger partial charge on any atom is -0.263 e. The van der Waals surface area contributed by atoms with Gasteiger partial charge in [0.1, 0.15) is 5.01 Å². The highest BCUT2D eigenvalue weighted by molar-refractivity contribution is 7.90. The minimum absolute atomic E-state index is 0.151. The lowest BCUT2D eigenvalue weighted by molar-refractivity contribution is -0.137. The average Bonchev–Trinajstić information content (AvgIpc) is 3.12. The second-order valence-corrected chi connectivity index (χ2v) is 9.36. The third kappa shape index (κ3) is 4.15. The van der Waals surface area contributed by atoms with Gasteiger partial charge in [-0.25, -0.2) is 13.4 Å². The lowest BCUT2D eigenvalue weighted by Crippen LogP contribution is -2.08. The van der Waals surface area contributed by atoms with Gasteiger partial charge in [0, 0.05) is 18.0 Å². The smallest absolute Gasteiger partial charge is 0.263 e. The van der Waals surface area contributed by atoms with Crippen LogP contribution >= 0.6 is 11.3 Å². The Kier molecular flexibility index (Phi) is 4.87. The second-order valence-electron chi connectivity index (χ2n) is 6.34. The molecule has 2 heterocycles. The molecule has 2 aromatic heterocycles. The van der Waals surface area contributed by atoms with Gasteiger partial charge in [-0.15, -0.1) is 11.3 Å². The molecule has 29 heavy (non-hydrogen) atoms. The van der Waals surface area contributed by atoms with Gasteiger partial charge < -0.3 is 0 Å². The Labute approximate surface area is 168 Å². The van der Waals surface area contributed by atoms with Gasteiger partial charge in [-0.2, -0.15) is 13.2 Å². The van der Waals surface area contributed by atoms with Gasteiger partial charge >= 0.3 is 6.18 Å². The summed E-state index contributed by atoms with van der Waals surface area (Å²) in [6.07, 6.45) is -1.14.